The van der Waals surface area contributed by atoms with Crippen molar-refractivity contribution < 1.29 is 14.5 Å². The third-order valence-corrected chi connectivity index (χ3v) is 1.01. The lowest BCUT2D eigenvalue weighted by molar-refractivity contribution is -0.516. The Morgan fingerprint density at radius 1 is 1.09 bits per heavy atom. The molecule has 6 heteroatoms. The van der Waals surface area contributed by atoms with Gasteiger partial charge in [-0.3, -0.25) is 4.84 Å². The third kappa shape index (κ3) is 6.80. The van der Waals surface area contributed by atoms with Crippen LogP contribution < -0.4 is 0 Å². The largest absolute Gasteiger partial charge is 0.254 e. The molecule has 0 N–H and O–H groups in total. The van der Waals surface area contributed by atoms with E-state index in [1.165, 1.54) is 7.11 Å². The normalized spacial score (nSPS) is 10.9. The van der Waals surface area contributed by atoms with Crippen molar-refractivity contribution in [3.05, 3.63) is 0 Å². The molecule has 0 fully saturated rings. The van der Waals surface area contributed by atoms with E-state index in [1.54, 1.807) is 0 Å². The lowest BCUT2D eigenvalue weighted by Crippen LogP contribution is -2.25. The Hall–Kier alpha value is 0.420. The van der Waals surface area contributed by atoms with Gasteiger partial charge in [0.1, 0.15) is 0 Å². The van der Waals surface area contributed by atoms with Gasteiger partial charge >= 0.3 is 0 Å². The number of halogens is 2. The molecule has 0 aliphatic heterocycles. The Bertz CT molecular complexity index is 78.1. The van der Waals surface area contributed by atoms with Gasteiger partial charge in [-0.05, 0) is 0 Å². The van der Waals surface area contributed by atoms with E-state index in [-0.39, 0.29) is 0 Å². The molecule has 0 aromatic carbocycles. The smallest absolute Gasteiger partial charge is 0.0871 e. The summed E-state index contributed by atoms with van der Waals surface area (Å²) in [6.07, 6.45) is 0. The zero-order chi connectivity index (χ0) is 8.53. The summed E-state index contributed by atoms with van der Waals surface area (Å²) in [4.78, 5) is 14.3. The average Bonchev–Trinajstić information content (AvgIpc) is 2.05. The fourth-order valence-electron chi connectivity index (χ4n) is 0.361. The van der Waals surface area contributed by atoms with Crippen LogP contribution in [-0.4, -0.2) is 37.5 Å². The molecular formula is C5H11Cl2NO3. The first-order chi connectivity index (χ1) is 5.35. The van der Waals surface area contributed by atoms with E-state index in [2.05, 4.69) is 4.84 Å². The zero-order valence-electron chi connectivity index (χ0n) is 6.26. The average molecular weight is 204 g/mol. The number of hydrogen-bond acceptors (Lipinski definition) is 4. The maximum absolute atomic E-state index is 5.35. The van der Waals surface area contributed by atoms with Crippen LogP contribution in [0.15, 0.2) is 0 Å². The summed E-state index contributed by atoms with van der Waals surface area (Å²) in [5.41, 5.74) is 0. The van der Waals surface area contributed by atoms with Gasteiger partial charge in [0.25, 0.3) is 0 Å². The van der Waals surface area contributed by atoms with E-state index in [1.807, 2.05) is 0 Å². The summed E-state index contributed by atoms with van der Waals surface area (Å²) < 4.78 is 0. The minimum atomic E-state index is 0.331. The Morgan fingerprint density at radius 3 is 1.82 bits per heavy atom. The molecular weight excluding hydrogens is 193 g/mol. The van der Waals surface area contributed by atoms with Crippen LogP contribution in [-0.2, 0) is 14.5 Å². The highest BCUT2D eigenvalue weighted by Crippen LogP contribution is 1.93. The summed E-state index contributed by atoms with van der Waals surface area (Å²) in [6, 6.07) is 0. The summed E-state index contributed by atoms with van der Waals surface area (Å²) in [6.45, 7) is 0.662. The summed E-state index contributed by atoms with van der Waals surface area (Å²) in [7, 11) is 1.42. The minimum absolute atomic E-state index is 0.331. The first-order valence-electron chi connectivity index (χ1n) is 3.07. The van der Waals surface area contributed by atoms with Crippen LogP contribution in [0.5, 0.6) is 0 Å². The van der Waals surface area contributed by atoms with Crippen LogP contribution in [0.4, 0.5) is 0 Å². The predicted octanol–water partition coefficient (Wildman–Crippen LogP) is 1.19. The van der Waals surface area contributed by atoms with Crippen molar-refractivity contribution >= 4 is 23.2 Å². The van der Waals surface area contributed by atoms with Gasteiger partial charge in [-0.25, -0.2) is 9.68 Å². The van der Waals surface area contributed by atoms with Crippen molar-refractivity contribution in [3.8, 4) is 0 Å². The molecule has 0 saturated heterocycles. The number of nitrogens with zero attached hydrogens (tertiary/aromatic N) is 1. The molecule has 0 unspecified atom stereocenters. The fraction of sp³-hybridized carbons (Fsp3) is 1.00. The van der Waals surface area contributed by atoms with Gasteiger partial charge in [0.2, 0.25) is 0 Å². The van der Waals surface area contributed by atoms with E-state index < -0.39 is 0 Å². The van der Waals surface area contributed by atoms with Gasteiger partial charge in [-0.15, -0.1) is 23.2 Å². The van der Waals surface area contributed by atoms with E-state index in [9.17, 15) is 0 Å². The van der Waals surface area contributed by atoms with Crippen molar-refractivity contribution in [1.82, 2.24) is 5.39 Å². The molecule has 0 radical (unpaired) electrons. The number of rotatable bonds is 7. The van der Waals surface area contributed by atoms with Crippen molar-refractivity contribution in [2.45, 2.75) is 0 Å². The lowest BCUT2D eigenvalue weighted by Gasteiger charge is -2.15. The molecule has 11 heavy (non-hydrogen) atoms. The summed E-state index contributed by atoms with van der Waals surface area (Å²) >= 11 is 10.7. The number of alkyl halides is 2. The number of hydrogen-bond donors (Lipinski definition) is 0. The van der Waals surface area contributed by atoms with Gasteiger partial charge in [0, 0.05) is 11.8 Å². The Labute approximate surface area is 75.8 Å². The maximum Gasteiger partial charge on any atom is 0.0871 e. The standard InChI is InChI=1S/C5H11Cl2NO3/c1-9-8(10-4-2-6)11-5-3-7/h2-5H2,1H3. The molecule has 0 amide bonds. The van der Waals surface area contributed by atoms with Gasteiger partial charge in [0.15, 0.2) is 0 Å². The zero-order valence-corrected chi connectivity index (χ0v) is 7.77. The Morgan fingerprint density at radius 2 is 1.55 bits per heavy atom. The van der Waals surface area contributed by atoms with Crippen LogP contribution in [0, 0.1) is 0 Å². The molecule has 0 aliphatic carbocycles. The molecule has 0 aromatic rings. The molecule has 0 atom stereocenters. The van der Waals surface area contributed by atoms with Gasteiger partial charge in [-0.2, -0.15) is 0 Å². The van der Waals surface area contributed by atoms with Crippen molar-refractivity contribution in [2.24, 2.45) is 0 Å². The first-order valence-corrected chi connectivity index (χ1v) is 4.14. The Balaban J connectivity index is 3.25. The van der Waals surface area contributed by atoms with E-state index >= 15 is 0 Å². The highest BCUT2D eigenvalue weighted by atomic mass is 35.5. The lowest BCUT2D eigenvalue weighted by atomic mass is 10.9. The van der Waals surface area contributed by atoms with Crippen molar-refractivity contribution in [1.29, 1.82) is 0 Å². The van der Waals surface area contributed by atoms with Crippen LogP contribution in [0.1, 0.15) is 0 Å². The molecule has 68 valence electrons. The summed E-state index contributed by atoms with van der Waals surface area (Å²) in [5, 5.41) is 0.880. The molecule has 0 spiro atoms. The monoisotopic (exact) mass is 203 g/mol. The second-order valence-corrected chi connectivity index (χ2v) is 2.21. The van der Waals surface area contributed by atoms with Crippen LogP contribution in [0.3, 0.4) is 0 Å². The molecule has 0 aromatic heterocycles. The molecule has 0 heterocycles. The second-order valence-electron chi connectivity index (χ2n) is 1.45. The van der Waals surface area contributed by atoms with E-state index in [0.29, 0.717) is 25.0 Å². The highest BCUT2D eigenvalue weighted by molar-refractivity contribution is 6.18. The molecule has 4 nitrogen and oxygen atoms in total. The topological polar surface area (TPSA) is 30.9 Å². The molecule has 0 saturated carbocycles. The molecule has 0 bridgehead atoms. The SMILES string of the molecule is CON(OCCCl)OCCCl. The van der Waals surface area contributed by atoms with Gasteiger partial charge in [-0.1, -0.05) is 0 Å². The van der Waals surface area contributed by atoms with Crippen LogP contribution >= 0.6 is 23.2 Å². The maximum atomic E-state index is 5.35. The third-order valence-electron chi connectivity index (χ3n) is 0.697. The van der Waals surface area contributed by atoms with E-state index in [0.717, 1.165) is 5.39 Å². The first kappa shape index (κ1) is 11.4. The van der Waals surface area contributed by atoms with Crippen LogP contribution in [0.25, 0.3) is 0 Å². The fourth-order valence-corrected chi connectivity index (χ4v) is 0.499. The van der Waals surface area contributed by atoms with Gasteiger partial charge in [0.05, 0.1) is 25.7 Å². The minimum Gasteiger partial charge on any atom is -0.254 e. The van der Waals surface area contributed by atoms with Gasteiger partial charge < -0.3 is 0 Å². The quantitative estimate of drug-likeness (QED) is 0.460. The molecule has 0 aliphatic rings. The predicted molar refractivity (Wildman–Crippen MR) is 42.2 cm³/mol. The molecule has 0 rings (SSSR count). The summed E-state index contributed by atoms with van der Waals surface area (Å²) in [5.74, 6) is 0.758. The van der Waals surface area contributed by atoms with E-state index in [4.69, 9.17) is 32.9 Å². The van der Waals surface area contributed by atoms with Crippen molar-refractivity contribution in [2.75, 3.05) is 32.1 Å². The van der Waals surface area contributed by atoms with Crippen molar-refractivity contribution in [3.63, 3.8) is 0 Å². The Kier molecular flexibility index (Phi) is 8.84. The highest BCUT2D eigenvalue weighted by Gasteiger charge is 2.02. The van der Waals surface area contributed by atoms with Crippen LogP contribution in [0.2, 0.25) is 0 Å². The second kappa shape index (κ2) is 8.52.